The predicted octanol–water partition coefficient (Wildman–Crippen LogP) is 0.319. The third-order valence-corrected chi connectivity index (χ3v) is 0.942. The van der Waals surface area contributed by atoms with Gasteiger partial charge in [-0.1, -0.05) is 12.2 Å². The van der Waals surface area contributed by atoms with E-state index in [2.05, 4.69) is 11.9 Å². The van der Waals surface area contributed by atoms with E-state index < -0.39 is 11.9 Å². The maximum absolute atomic E-state index is 10.7. The molecule has 0 saturated carbocycles. The molecule has 4 nitrogen and oxygen atoms in total. The fraction of sp³-hybridized carbons (Fsp3) is 0.250. The summed E-state index contributed by atoms with van der Waals surface area (Å²) in [5.41, 5.74) is 0.812. The van der Waals surface area contributed by atoms with Gasteiger partial charge in [0.25, 0.3) is 0 Å². The van der Waals surface area contributed by atoms with Crippen molar-refractivity contribution in [3.05, 3.63) is 24.3 Å². The van der Waals surface area contributed by atoms with Crippen molar-refractivity contribution in [2.75, 3.05) is 6.54 Å². The van der Waals surface area contributed by atoms with Crippen molar-refractivity contribution in [3.63, 3.8) is 0 Å². The van der Waals surface area contributed by atoms with Gasteiger partial charge in [-0.2, -0.15) is 0 Å². The molecule has 0 aromatic rings. The zero-order valence-corrected chi connectivity index (χ0v) is 6.83. The van der Waals surface area contributed by atoms with Gasteiger partial charge in [0, 0.05) is 18.7 Å². The lowest BCUT2D eigenvalue weighted by Crippen LogP contribution is -2.22. The summed E-state index contributed by atoms with van der Waals surface area (Å²) < 4.78 is 0. The molecule has 0 aliphatic heterocycles. The second-order valence-electron chi connectivity index (χ2n) is 2.35. The molecule has 2 N–H and O–H groups in total. The molecule has 0 aliphatic carbocycles. The number of aliphatic carboxylic acids is 1. The fourth-order valence-electron chi connectivity index (χ4n) is 0.444. The number of rotatable bonds is 4. The first-order valence-corrected chi connectivity index (χ1v) is 3.35. The van der Waals surface area contributed by atoms with Gasteiger partial charge >= 0.3 is 5.97 Å². The van der Waals surface area contributed by atoms with E-state index in [9.17, 15) is 9.59 Å². The molecule has 0 spiro atoms. The van der Waals surface area contributed by atoms with Crippen LogP contribution in [0.25, 0.3) is 0 Å². The molecule has 1 amide bonds. The van der Waals surface area contributed by atoms with Gasteiger partial charge in [0.2, 0.25) is 5.91 Å². The Balaban J connectivity index is 3.75. The SMILES string of the molecule is C=C(C)CNC(=O)/C=C\C(=O)O. The molecule has 0 fully saturated rings. The van der Waals surface area contributed by atoms with E-state index in [1.54, 1.807) is 6.92 Å². The Morgan fingerprint density at radius 3 is 2.50 bits per heavy atom. The van der Waals surface area contributed by atoms with E-state index in [1.165, 1.54) is 0 Å². The third-order valence-electron chi connectivity index (χ3n) is 0.942. The number of carboxylic acid groups (broad SMARTS) is 1. The summed E-state index contributed by atoms with van der Waals surface area (Å²) >= 11 is 0. The number of carboxylic acids is 1. The van der Waals surface area contributed by atoms with Crippen molar-refractivity contribution in [3.8, 4) is 0 Å². The molecule has 0 rings (SSSR count). The third kappa shape index (κ3) is 6.54. The van der Waals surface area contributed by atoms with E-state index >= 15 is 0 Å². The van der Waals surface area contributed by atoms with Crippen LogP contribution in [0.3, 0.4) is 0 Å². The van der Waals surface area contributed by atoms with E-state index in [1.807, 2.05) is 0 Å². The van der Waals surface area contributed by atoms with Crippen molar-refractivity contribution in [1.29, 1.82) is 0 Å². The molecule has 0 radical (unpaired) electrons. The number of carbonyl (C=O) groups is 2. The monoisotopic (exact) mass is 169 g/mol. The van der Waals surface area contributed by atoms with Crippen molar-refractivity contribution in [2.24, 2.45) is 0 Å². The lowest BCUT2D eigenvalue weighted by atomic mass is 10.3. The summed E-state index contributed by atoms with van der Waals surface area (Å²) in [7, 11) is 0. The molecule has 0 bridgehead atoms. The normalized spacial score (nSPS) is 9.75. The van der Waals surface area contributed by atoms with Gasteiger partial charge in [0.1, 0.15) is 0 Å². The van der Waals surface area contributed by atoms with Crippen molar-refractivity contribution in [1.82, 2.24) is 5.32 Å². The standard InChI is InChI=1S/C8H11NO3/c1-6(2)5-9-7(10)3-4-8(11)12/h3-4H,1,5H2,2H3,(H,9,10)(H,11,12)/b4-3-. The second-order valence-corrected chi connectivity index (χ2v) is 2.35. The van der Waals surface area contributed by atoms with Crippen molar-refractivity contribution < 1.29 is 14.7 Å². The molecule has 0 atom stereocenters. The van der Waals surface area contributed by atoms with Crippen molar-refractivity contribution in [2.45, 2.75) is 6.92 Å². The van der Waals surface area contributed by atoms with Gasteiger partial charge in [0.15, 0.2) is 0 Å². The molecule has 0 aromatic carbocycles. The van der Waals surface area contributed by atoms with Crippen LogP contribution in [-0.4, -0.2) is 23.5 Å². The van der Waals surface area contributed by atoms with E-state index in [0.29, 0.717) is 6.54 Å². The molecular weight excluding hydrogens is 158 g/mol. The first-order valence-electron chi connectivity index (χ1n) is 3.35. The Morgan fingerprint density at radius 2 is 2.08 bits per heavy atom. The molecular formula is C8H11NO3. The Hall–Kier alpha value is -1.58. The van der Waals surface area contributed by atoms with Crippen LogP contribution in [0.5, 0.6) is 0 Å². The average Bonchev–Trinajstić information content (AvgIpc) is 1.96. The number of amides is 1. The van der Waals surface area contributed by atoms with Gasteiger partial charge in [0.05, 0.1) is 0 Å². The quantitative estimate of drug-likeness (QED) is 0.470. The van der Waals surface area contributed by atoms with E-state index in [0.717, 1.165) is 17.7 Å². The molecule has 66 valence electrons. The first kappa shape index (κ1) is 10.4. The Morgan fingerprint density at radius 1 is 1.50 bits per heavy atom. The molecule has 0 aromatic heterocycles. The lowest BCUT2D eigenvalue weighted by molar-refractivity contribution is -0.131. The molecule has 0 aliphatic rings. The maximum Gasteiger partial charge on any atom is 0.328 e. The summed E-state index contributed by atoms with van der Waals surface area (Å²) in [6.45, 7) is 5.70. The van der Waals surface area contributed by atoms with Gasteiger partial charge < -0.3 is 10.4 Å². The van der Waals surface area contributed by atoms with Gasteiger partial charge in [-0.05, 0) is 6.92 Å². The Kier molecular flexibility index (Phi) is 4.45. The van der Waals surface area contributed by atoms with Gasteiger partial charge in [-0.3, -0.25) is 4.79 Å². The molecule has 0 heterocycles. The largest absolute Gasteiger partial charge is 0.478 e. The highest BCUT2D eigenvalue weighted by Gasteiger charge is 1.94. The Bertz CT molecular complexity index is 230. The zero-order chi connectivity index (χ0) is 9.56. The average molecular weight is 169 g/mol. The molecule has 4 heteroatoms. The molecule has 0 saturated heterocycles. The number of nitrogens with one attached hydrogen (secondary N) is 1. The van der Waals surface area contributed by atoms with Crippen LogP contribution >= 0.6 is 0 Å². The van der Waals surface area contributed by atoms with E-state index in [4.69, 9.17) is 5.11 Å². The molecule has 12 heavy (non-hydrogen) atoms. The number of hydrogen-bond acceptors (Lipinski definition) is 2. The van der Waals surface area contributed by atoms with E-state index in [-0.39, 0.29) is 0 Å². The molecule has 0 unspecified atom stereocenters. The van der Waals surface area contributed by atoms with Crippen molar-refractivity contribution >= 4 is 11.9 Å². The second kappa shape index (κ2) is 5.12. The highest BCUT2D eigenvalue weighted by molar-refractivity contribution is 5.93. The van der Waals surface area contributed by atoms with Crippen LogP contribution in [0.2, 0.25) is 0 Å². The minimum absolute atomic E-state index is 0.364. The van der Waals surface area contributed by atoms with Crippen LogP contribution in [-0.2, 0) is 9.59 Å². The minimum Gasteiger partial charge on any atom is -0.478 e. The summed E-state index contributed by atoms with van der Waals surface area (Å²) in [6.07, 6.45) is 1.75. The summed E-state index contributed by atoms with van der Waals surface area (Å²) in [6, 6.07) is 0. The van der Waals surface area contributed by atoms with Gasteiger partial charge in [-0.15, -0.1) is 0 Å². The van der Waals surface area contributed by atoms with Crippen LogP contribution < -0.4 is 5.32 Å². The van der Waals surface area contributed by atoms with Crippen LogP contribution in [0.4, 0.5) is 0 Å². The first-order chi connectivity index (χ1) is 5.52. The smallest absolute Gasteiger partial charge is 0.328 e. The van der Waals surface area contributed by atoms with Crippen LogP contribution in [0, 0.1) is 0 Å². The topological polar surface area (TPSA) is 66.4 Å². The van der Waals surface area contributed by atoms with Crippen LogP contribution in [0.15, 0.2) is 24.3 Å². The zero-order valence-electron chi connectivity index (χ0n) is 6.83. The summed E-state index contributed by atoms with van der Waals surface area (Å²) in [5.74, 6) is -1.57. The highest BCUT2D eigenvalue weighted by atomic mass is 16.4. The van der Waals surface area contributed by atoms with Crippen LogP contribution in [0.1, 0.15) is 6.92 Å². The minimum atomic E-state index is -1.14. The maximum atomic E-state index is 10.7. The summed E-state index contributed by atoms with van der Waals surface area (Å²) in [4.78, 5) is 20.7. The van der Waals surface area contributed by atoms with Gasteiger partial charge in [-0.25, -0.2) is 4.79 Å². The predicted molar refractivity (Wildman–Crippen MR) is 44.6 cm³/mol. The highest BCUT2D eigenvalue weighted by Crippen LogP contribution is 1.82. The Labute approximate surface area is 70.6 Å². The lowest BCUT2D eigenvalue weighted by Gasteiger charge is -1.98. The number of carbonyl (C=O) groups excluding carboxylic acids is 1. The number of hydrogen-bond donors (Lipinski definition) is 2. The fourth-order valence-corrected chi connectivity index (χ4v) is 0.444. The summed E-state index contributed by atoms with van der Waals surface area (Å²) in [5, 5.41) is 10.6.